The lowest BCUT2D eigenvalue weighted by atomic mass is 9.93. The molecule has 2 saturated heterocycles. The minimum absolute atomic E-state index is 0.135. The Labute approximate surface area is 221 Å². The van der Waals surface area contributed by atoms with E-state index < -0.39 is 17.7 Å². The molecule has 2 aromatic carbocycles. The van der Waals surface area contributed by atoms with Crippen LogP contribution in [0, 0.1) is 0 Å². The fraction of sp³-hybridized carbons (Fsp3) is 0.467. The number of carboxylic acid groups (broad SMARTS) is 1. The molecule has 38 heavy (non-hydrogen) atoms. The number of aryl methyl sites for hydroxylation is 1. The van der Waals surface area contributed by atoms with Crippen molar-refractivity contribution < 1.29 is 23.1 Å². The number of pyridine rings is 1. The Hall–Kier alpha value is -2.97. The number of nitrogens with zero attached hydrogens (tertiary/aromatic N) is 3. The van der Waals surface area contributed by atoms with Gasteiger partial charge in [0, 0.05) is 29.1 Å². The quantitative estimate of drug-likeness (QED) is 0.391. The number of alkyl halides is 3. The summed E-state index contributed by atoms with van der Waals surface area (Å²) in [6.07, 6.45) is 1.91. The smallest absolute Gasteiger partial charge is 0.416 e. The number of hydrogen-bond donors (Lipinski definition) is 1. The number of carboxylic acids is 1. The minimum Gasteiger partial charge on any atom is -0.478 e. The Morgan fingerprint density at radius 1 is 1.03 bits per heavy atom. The van der Waals surface area contributed by atoms with Crippen LogP contribution in [-0.2, 0) is 19.1 Å². The van der Waals surface area contributed by atoms with E-state index in [1.54, 1.807) is 12.1 Å². The Kier molecular flexibility index (Phi) is 7.73. The van der Waals surface area contributed by atoms with E-state index in [1.165, 1.54) is 25.3 Å². The molecule has 0 bridgehead atoms. The highest BCUT2D eigenvalue weighted by Crippen LogP contribution is 2.37. The molecule has 0 aliphatic carbocycles. The highest BCUT2D eigenvalue weighted by Gasteiger charge is 2.32. The molecule has 8 heteroatoms. The number of rotatable bonds is 6. The zero-order chi connectivity index (χ0) is 26.9. The van der Waals surface area contributed by atoms with Gasteiger partial charge in [0.25, 0.3) is 0 Å². The molecule has 1 aromatic heterocycles. The molecule has 2 fully saturated rings. The number of para-hydroxylation sites is 1. The largest absolute Gasteiger partial charge is 0.478 e. The summed E-state index contributed by atoms with van der Waals surface area (Å²) in [5.41, 5.74) is 1.85. The molecule has 5 nitrogen and oxygen atoms in total. The molecule has 0 saturated carbocycles. The van der Waals surface area contributed by atoms with Crippen molar-refractivity contribution in [3.63, 3.8) is 0 Å². The Balaban J connectivity index is 1.57. The maximum absolute atomic E-state index is 13.6. The summed E-state index contributed by atoms with van der Waals surface area (Å²) < 4.78 is 40.8. The molecule has 3 aromatic rings. The molecule has 3 heterocycles. The van der Waals surface area contributed by atoms with Crippen LogP contribution in [0.4, 0.5) is 13.2 Å². The Morgan fingerprint density at radius 2 is 1.74 bits per heavy atom. The van der Waals surface area contributed by atoms with Crippen LogP contribution in [0.1, 0.15) is 66.1 Å². The zero-order valence-corrected chi connectivity index (χ0v) is 21.7. The predicted octanol–water partition coefficient (Wildman–Crippen LogP) is 6.63. The topological polar surface area (TPSA) is 56.7 Å². The van der Waals surface area contributed by atoms with Crippen LogP contribution >= 0.6 is 0 Å². The number of aromatic nitrogens is 1. The van der Waals surface area contributed by atoms with Crippen molar-refractivity contribution in [1.82, 2.24) is 14.8 Å². The lowest BCUT2D eigenvalue weighted by Crippen LogP contribution is -2.46. The first-order chi connectivity index (χ1) is 18.3. The molecule has 0 atom stereocenters. The van der Waals surface area contributed by atoms with Gasteiger partial charge in [-0.3, -0.25) is 4.90 Å². The lowest BCUT2D eigenvalue weighted by Gasteiger charge is -2.40. The van der Waals surface area contributed by atoms with Gasteiger partial charge in [0.1, 0.15) is 0 Å². The van der Waals surface area contributed by atoms with Crippen molar-refractivity contribution in [3.05, 3.63) is 64.7 Å². The number of piperidine rings is 2. The summed E-state index contributed by atoms with van der Waals surface area (Å²) in [5.74, 6) is -1.09. The highest BCUT2D eigenvalue weighted by molar-refractivity contribution is 6.06. The molecule has 2 aliphatic heterocycles. The summed E-state index contributed by atoms with van der Waals surface area (Å²) in [7, 11) is 0. The Bertz CT molecular complexity index is 1310. The van der Waals surface area contributed by atoms with Gasteiger partial charge in [0.2, 0.25) is 0 Å². The first kappa shape index (κ1) is 26.6. The second-order valence-corrected chi connectivity index (χ2v) is 10.5. The van der Waals surface area contributed by atoms with Crippen LogP contribution < -0.4 is 0 Å². The minimum atomic E-state index is -4.51. The number of hydrogen-bond acceptors (Lipinski definition) is 4. The summed E-state index contributed by atoms with van der Waals surface area (Å²) in [5, 5.41) is 10.9. The number of likely N-dealkylation sites (tertiary alicyclic amines) is 2. The number of carbonyl (C=O) groups is 1. The maximum atomic E-state index is 13.6. The molecule has 0 spiro atoms. The number of halogens is 3. The van der Waals surface area contributed by atoms with Gasteiger partial charge in [-0.15, -0.1) is 0 Å². The van der Waals surface area contributed by atoms with E-state index in [-0.39, 0.29) is 11.1 Å². The van der Waals surface area contributed by atoms with E-state index in [1.807, 2.05) is 19.1 Å². The van der Waals surface area contributed by atoms with E-state index in [0.29, 0.717) is 41.2 Å². The van der Waals surface area contributed by atoms with Gasteiger partial charge in [-0.25, -0.2) is 9.78 Å². The highest BCUT2D eigenvalue weighted by atomic mass is 19.4. The summed E-state index contributed by atoms with van der Waals surface area (Å²) in [4.78, 5) is 22.4. The fourth-order valence-corrected chi connectivity index (χ4v) is 6.10. The first-order valence-corrected chi connectivity index (χ1v) is 13.6. The van der Waals surface area contributed by atoms with Crippen LogP contribution in [0.5, 0.6) is 0 Å². The standard InChI is InChI=1S/C30H34F3N3O2/c1-2-20-8-7-11-24-26(29(37)38)25(19-35-16-12-23(13-17-35)36-14-4-3-5-15-36)28(34-27(20)24)21-9-6-10-22(18-21)30(31,32)33/h6-11,18,23H,2-5,12-17,19H2,1H3,(H,37,38). The summed E-state index contributed by atoms with van der Waals surface area (Å²) >= 11 is 0. The third-order valence-electron chi connectivity index (χ3n) is 8.10. The monoisotopic (exact) mass is 525 g/mol. The van der Waals surface area contributed by atoms with Gasteiger partial charge < -0.3 is 10.0 Å². The normalized spacial score (nSPS) is 18.2. The van der Waals surface area contributed by atoms with Crippen molar-refractivity contribution in [2.75, 3.05) is 26.2 Å². The Morgan fingerprint density at radius 3 is 2.39 bits per heavy atom. The van der Waals surface area contributed by atoms with E-state index >= 15 is 0 Å². The van der Waals surface area contributed by atoms with Gasteiger partial charge in [-0.1, -0.05) is 43.7 Å². The third-order valence-corrected chi connectivity index (χ3v) is 8.10. The molecular weight excluding hydrogens is 491 g/mol. The number of fused-ring (bicyclic) bond motifs is 1. The molecule has 0 unspecified atom stereocenters. The molecule has 202 valence electrons. The molecule has 1 N–H and O–H groups in total. The number of benzene rings is 2. The summed E-state index contributed by atoms with van der Waals surface area (Å²) in [6.45, 7) is 6.20. The first-order valence-electron chi connectivity index (χ1n) is 13.6. The second kappa shape index (κ2) is 11.0. The van der Waals surface area contributed by atoms with Gasteiger partial charge in [0.05, 0.1) is 22.3 Å². The zero-order valence-electron chi connectivity index (χ0n) is 21.7. The van der Waals surface area contributed by atoms with Crippen molar-refractivity contribution in [2.45, 2.75) is 64.2 Å². The maximum Gasteiger partial charge on any atom is 0.416 e. The van der Waals surface area contributed by atoms with Crippen LogP contribution in [0.25, 0.3) is 22.2 Å². The van der Waals surface area contributed by atoms with Gasteiger partial charge in [-0.2, -0.15) is 13.2 Å². The van der Waals surface area contributed by atoms with Gasteiger partial charge in [0.15, 0.2) is 0 Å². The van der Waals surface area contributed by atoms with E-state index in [0.717, 1.165) is 56.7 Å². The molecule has 5 rings (SSSR count). The molecule has 0 radical (unpaired) electrons. The molecule has 0 amide bonds. The molecule has 2 aliphatic rings. The lowest BCUT2D eigenvalue weighted by molar-refractivity contribution is -0.137. The van der Waals surface area contributed by atoms with Crippen molar-refractivity contribution in [1.29, 1.82) is 0 Å². The van der Waals surface area contributed by atoms with E-state index in [9.17, 15) is 23.1 Å². The van der Waals surface area contributed by atoms with Crippen LogP contribution in [-0.4, -0.2) is 58.1 Å². The van der Waals surface area contributed by atoms with E-state index in [2.05, 4.69) is 9.80 Å². The molecular formula is C30H34F3N3O2. The van der Waals surface area contributed by atoms with Crippen molar-refractivity contribution >= 4 is 16.9 Å². The van der Waals surface area contributed by atoms with Crippen molar-refractivity contribution in [2.24, 2.45) is 0 Å². The van der Waals surface area contributed by atoms with Crippen LogP contribution in [0.2, 0.25) is 0 Å². The SMILES string of the molecule is CCc1cccc2c(C(=O)O)c(CN3CCC(N4CCCCC4)CC3)c(-c3cccc(C(F)(F)F)c3)nc12. The van der Waals surface area contributed by atoms with Crippen LogP contribution in [0.3, 0.4) is 0 Å². The van der Waals surface area contributed by atoms with Gasteiger partial charge >= 0.3 is 12.1 Å². The average Bonchev–Trinajstić information content (AvgIpc) is 2.92. The van der Waals surface area contributed by atoms with E-state index in [4.69, 9.17) is 4.98 Å². The van der Waals surface area contributed by atoms with Gasteiger partial charge in [-0.05, 0) is 76.0 Å². The van der Waals surface area contributed by atoms with Crippen LogP contribution in [0.15, 0.2) is 42.5 Å². The average molecular weight is 526 g/mol. The predicted molar refractivity (Wildman–Crippen MR) is 142 cm³/mol. The second-order valence-electron chi connectivity index (χ2n) is 10.5. The van der Waals surface area contributed by atoms with Crippen molar-refractivity contribution in [3.8, 4) is 11.3 Å². The third kappa shape index (κ3) is 5.43. The summed E-state index contributed by atoms with van der Waals surface area (Å²) in [6, 6.07) is 11.1. The fourth-order valence-electron chi connectivity index (χ4n) is 6.10. The number of aromatic carboxylic acids is 1.